The van der Waals surface area contributed by atoms with E-state index in [0.29, 0.717) is 37.8 Å². The van der Waals surface area contributed by atoms with Crippen LogP contribution in [0.5, 0.6) is 0 Å². The lowest BCUT2D eigenvalue weighted by Crippen LogP contribution is -2.51. The van der Waals surface area contributed by atoms with Crippen LogP contribution >= 0.6 is 0 Å². The second kappa shape index (κ2) is 8.76. The molecular formula is C22H33N3O5S. The lowest BCUT2D eigenvalue weighted by Gasteiger charge is -2.40. The Morgan fingerprint density at radius 2 is 1.65 bits per heavy atom. The number of sulfone groups is 1. The molecule has 1 heterocycles. The maximum atomic E-state index is 13.0. The summed E-state index contributed by atoms with van der Waals surface area (Å²) in [6, 6.07) is 4.03. The second-order valence-electron chi connectivity index (χ2n) is 9.91. The molecule has 0 spiro atoms. The van der Waals surface area contributed by atoms with Crippen molar-refractivity contribution in [3.8, 4) is 0 Å². The van der Waals surface area contributed by atoms with Crippen LogP contribution in [0.4, 0.5) is 11.4 Å². The SMILES string of the molecule is CC(C)(C)C1CCC(C(=O)N2CCN(c3ccc(S(C)(=O)=O)cc3[N+](=O)[O-])CC2)CC1. The van der Waals surface area contributed by atoms with E-state index >= 15 is 0 Å². The molecule has 0 aromatic heterocycles. The zero-order chi connectivity index (χ0) is 23.0. The van der Waals surface area contributed by atoms with Gasteiger partial charge in [0.25, 0.3) is 5.69 Å². The number of nitro benzene ring substituents is 1. The minimum absolute atomic E-state index is 0.0670. The summed E-state index contributed by atoms with van der Waals surface area (Å²) in [4.78, 5) is 27.7. The van der Waals surface area contributed by atoms with E-state index in [2.05, 4.69) is 20.8 Å². The average Bonchev–Trinajstić information content (AvgIpc) is 2.71. The monoisotopic (exact) mass is 451 g/mol. The Bertz CT molecular complexity index is 938. The van der Waals surface area contributed by atoms with Crippen LogP contribution in [0.1, 0.15) is 46.5 Å². The molecule has 0 unspecified atom stereocenters. The molecule has 0 N–H and O–H groups in total. The highest BCUT2D eigenvalue weighted by molar-refractivity contribution is 7.90. The van der Waals surface area contributed by atoms with E-state index in [0.717, 1.165) is 38.0 Å². The Labute approximate surface area is 184 Å². The van der Waals surface area contributed by atoms with Crippen LogP contribution in [0, 0.1) is 27.4 Å². The number of nitro groups is 1. The van der Waals surface area contributed by atoms with Gasteiger partial charge in [-0.25, -0.2) is 8.42 Å². The average molecular weight is 452 g/mol. The first-order chi connectivity index (χ1) is 14.4. The topological polar surface area (TPSA) is 101 Å². The molecule has 1 aliphatic heterocycles. The minimum Gasteiger partial charge on any atom is -0.362 e. The highest BCUT2D eigenvalue weighted by Crippen LogP contribution is 2.40. The largest absolute Gasteiger partial charge is 0.362 e. The number of nitrogens with zero attached hydrogens (tertiary/aromatic N) is 3. The molecule has 0 atom stereocenters. The zero-order valence-corrected chi connectivity index (χ0v) is 19.7. The van der Waals surface area contributed by atoms with Crippen molar-refractivity contribution in [1.82, 2.24) is 4.90 Å². The minimum atomic E-state index is -3.53. The normalized spacial score (nSPS) is 23.0. The van der Waals surface area contributed by atoms with Crippen molar-refractivity contribution in [3.63, 3.8) is 0 Å². The van der Waals surface area contributed by atoms with Crippen LogP contribution in [0.2, 0.25) is 0 Å². The van der Waals surface area contributed by atoms with Crippen molar-refractivity contribution in [2.24, 2.45) is 17.3 Å². The predicted molar refractivity (Wildman–Crippen MR) is 120 cm³/mol. The molecule has 8 nitrogen and oxygen atoms in total. The molecule has 172 valence electrons. The summed E-state index contributed by atoms with van der Waals surface area (Å²) in [6.45, 7) is 8.80. The number of benzene rings is 1. The number of hydrogen-bond donors (Lipinski definition) is 0. The van der Waals surface area contributed by atoms with E-state index in [4.69, 9.17) is 0 Å². The molecule has 9 heteroatoms. The van der Waals surface area contributed by atoms with Crippen molar-refractivity contribution in [1.29, 1.82) is 0 Å². The Morgan fingerprint density at radius 1 is 1.06 bits per heavy atom. The Balaban J connectivity index is 1.63. The molecule has 2 aliphatic rings. The van der Waals surface area contributed by atoms with Gasteiger partial charge in [0.05, 0.1) is 9.82 Å². The molecule has 31 heavy (non-hydrogen) atoms. The number of hydrogen-bond acceptors (Lipinski definition) is 6. The number of carbonyl (C=O) groups excluding carboxylic acids is 1. The Kier molecular flexibility index (Phi) is 6.64. The highest BCUT2D eigenvalue weighted by Gasteiger charge is 2.35. The first kappa shape index (κ1) is 23.5. The van der Waals surface area contributed by atoms with Gasteiger partial charge in [-0.3, -0.25) is 14.9 Å². The fourth-order valence-corrected chi connectivity index (χ4v) is 5.42. The van der Waals surface area contributed by atoms with E-state index in [-0.39, 0.29) is 27.8 Å². The number of carbonyl (C=O) groups is 1. The smallest absolute Gasteiger partial charge is 0.293 e. The molecule has 1 saturated carbocycles. The van der Waals surface area contributed by atoms with Crippen LogP contribution in [0.15, 0.2) is 23.1 Å². The van der Waals surface area contributed by atoms with E-state index < -0.39 is 14.8 Å². The van der Waals surface area contributed by atoms with Crippen molar-refractivity contribution in [3.05, 3.63) is 28.3 Å². The molecule has 0 radical (unpaired) electrons. The van der Waals surface area contributed by atoms with Gasteiger partial charge in [0, 0.05) is 44.4 Å². The first-order valence-electron chi connectivity index (χ1n) is 10.9. The molecule has 1 aromatic rings. The predicted octanol–water partition coefficient (Wildman–Crippen LogP) is 3.50. The maximum absolute atomic E-state index is 13.0. The first-order valence-corrected chi connectivity index (χ1v) is 12.8. The second-order valence-corrected chi connectivity index (χ2v) is 11.9. The summed E-state index contributed by atoms with van der Waals surface area (Å²) >= 11 is 0. The standard InChI is InChI=1S/C22H33N3O5S/c1-22(2,3)17-7-5-16(6-8-17)21(26)24-13-11-23(12-14-24)19-10-9-18(31(4,29)30)15-20(19)25(27)28/h9-10,15-17H,5-8,11-14H2,1-4H3. The zero-order valence-electron chi connectivity index (χ0n) is 18.8. The number of amides is 1. The van der Waals surface area contributed by atoms with Crippen molar-refractivity contribution >= 4 is 27.1 Å². The summed E-state index contributed by atoms with van der Waals surface area (Å²) in [5, 5.41) is 11.5. The number of rotatable bonds is 4. The van der Waals surface area contributed by atoms with Crippen LogP contribution < -0.4 is 4.90 Å². The summed E-state index contributed by atoms with van der Waals surface area (Å²) < 4.78 is 23.5. The van der Waals surface area contributed by atoms with Crippen LogP contribution in [0.3, 0.4) is 0 Å². The molecule has 2 fully saturated rings. The van der Waals surface area contributed by atoms with Crippen molar-refractivity contribution < 1.29 is 18.1 Å². The quantitative estimate of drug-likeness (QED) is 0.513. The Hall–Kier alpha value is -2.16. The lowest BCUT2D eigenvalue weighted by atomic mass is 9.69. The fourth-order valence-electron chi connectivity index (χ4n) is 4.78. The summed E-state index contributed by atoms with van der Waals surface area (Å²) in [5.74, 6) is 0.936. The number of piperazine rings is 1. The van der Waals surface area contributed by atoms with Gasteiger partial charge in [0.1, 0.15) is 5.69 Å². The third kappa shape index (κ3) is 5.37. The molecule has 1 saturated heterocycles. The van der Waals surface area contributed by atoms with Crippen molar-refractivity contribution in [2.75, 3.05) is 37.3 Å². The van der Waals surface area contributed by atoms with E-state index in [9.17, 15) is 23.3 Å². The molecular weight excluding hydrogens is 418 g/mol. The summed E-state index contributed by atoms with van der Waals surface area (Å²) in [6.07, 6.45) is 5.06. The van der Waals surface area contributed by atoms with Gasteiger partial charge in [-0.1, -0.05) is 20.8 Å². The lowest BCUT2D eigenvalue weighted by molar-refractivity contribution is -0.384. The van der Waals surface area contributed by atoms with E-state index in [1.807, 2.05) is 9.80 Å². The van der Waals surface area contributed by atoms with Gasteiger partial charge in [-0.15, -0.1) is 0 Å². The van der Waals surface area contributed by atoms with Gasteiger partial charge in [-0.2, -0.15) is 0 Å². The van der Waals surface area contributed by atoms with Crippen molar-refractivity contribution in [2.45, 2.75) is 51.3 Å². The van der Waals surface area contributed by atoms with E-state index in [1.54, 1.807) is 0 Å². The fraction of sp³-hybridized carbons (Fsp3) is 0.682. The van der Waals surface area contributed by atoms with Gasteiger partial charge in [0.2, 0.25) is 5.91 Å². The maximum Gasteiger partial charge on any atom is 0.293 e. The highest BCUT2D eigenvalue weighted by atomic mass is 32.2. The molecule has 1 aromatic carbocycles. The molecule has 0 bridgehead atoms. The molecule has 1 amide bonds. The van der Waals surface area contributed by atoms with Crippen LogP contribution in [-0.2, 0) is 14.6 Å². The summed E-state index contributed by atoms with van der Waals surface area (Å²) in [7, 11) is -3.53. The van der Waals surface area contributed by atoms with Gasteiger partial charge in [0.15, 0.2) is 9.84 Å². The Morgan fingerprint density at radius 3 is 2.13 bits per heavy atom. The third-order valence-corrected chi connectivity index (χ3v) is 7.92. The van der Waals surface area contributed by atoms with Gasteiger partial charge in [-0.05, 0) is 49.1 Å². The molecule has 1 aliphatic carbocycles. The van der Waals surface area contributed by atoms with Gasteiger partial charge < -0.3 is 9.80 Å². The van der Waals surface area contributed by atoms with E-state index in [1.165, 1.54) is 12.1 Å². The molecule has 3 rings (SSSR count). The van der Waals surface area contributed by atoms with Crippen LogP contribution in [-0.4, -0.2) is 56.6 Å². The third-order valence-electron chi connectivity index (χ3n) is 6.80. The van der Waals surface area contributed by atoms with Crippen LogP contribution in [0.25, 0.3) is 0 Å². The number of anilines is 1. The van der Waals surface area contributed by atoms with Gasteiger partial charge >= 0.3 is 0 Å². The summed E-state index contributed by atoms with van der Waals surface area (Å²) in [5.41, 5.74) is 0.458.